The average molecular weight is 550 g/mol. The van der Waals surface area contributed by atoms with Crippen molar-refractivity contribution in [2.24, 2.45) is 0 Å². The van der Waals surface area contributed by atoms with E-state index in [4.69, 9.17) is 9.05 Å². The summed E-state index contributed by atoms with van der Waals surface area (Å²) in [5, 5.41) is 12.7. The molecule has 2 aliphatic heterocycles. The highest BCUT2D eigenvalue weighted by Gasteiger charge is 2.39. The molecule has 0 saturated carbocycles. The zero-order valence-electron chi connectivity index (χ0n) is 20.9. The molecule has 1 N–H and O–H groups in total. The molecule has 7 heteroatoms. The van der Waals surface area contributed by atoms with Gasteiger partial charge in [0.2, 0.25) is 0 Å². The summed E-state index contributed by atoms with van der Waals surface area (Å²) in [5.74, 6) is 1.08. The monoisotopic (exact) mass is 550 g/mol. The van der Waals surface area contributed by atoms with Crippen molar-refractivity contribution >= 4 is 25.3 Å². The van der Waals surface area contributed by atoms with Crippen molar-refractivity contribution in [3.8, 4) is 39.5 Å². The number of fused-ring (bicyclic) bond motifs is 6. The van der Waals surface area contributed by atoms with Gasteiger partial charge in [0, 0.05) is 22.3 Å². The van der Waals surface area contributed by atoms with Crippen LogP contribution in [0.1, 0.15) is 11.1 Å². The van der Waals surface area contributed by atoms with E-state index in [-0.39, 0.29) is 18.1 Å². The van der Waals surface area contributed by atoms with Crippen molar-refractivity contribution < 1.29 is 23.3 Å². The summed E-state index contributed by atoms with van der Waals surface area (Å²) in [6.07, 6.45) is 0.00516. The molecular formula is C32H24O5P2. The van der Waals surface area contributed by atoms with E-state index in [2.05, 4.69) is 0 Å². The molecule has 2 heterocycles. The fourth-order valence-corrected chi connectivity index (χ4v) is 10.3. The Morgan fingerprint density at radius 2 is 0.872 bits per heavy atom. The lowest BCUT2D eigenvalue weighted by Gasteiger charge is -2.30. The van der Waals surface area contributed by atoms with E-state index in [9.17, 15) is 14.2 Å². The van der Waals surface area contributed by atoms with Crippen LogP contribution >= 0.6 is 14.7 Å². The first-order chi connectivity index (χ1) is 19.0. The SMILES string of the molecule is O=P1(Cc2cccc(CP3(=O)Oc4ccccc4-c4ccccc43)c2O)Oc2ccccc2-c2ccccc21. The molecule has 0 fully saturated rings. The van der Waals surface area contributed by atoms with Gasteiger partial charge in [0.1, 0.15) is 17.2 Å². The lowest BCUT2D eigenvalue weighted by Crippen LogP contribution is -2.19. The molecular weight excluding hydrogens is 526 g/mol. The second-order valence-electron chi connectivity index (χ2n) is 9.80. The molecule has 2 unspecified atom stereocenters. The van der Waals surface area contributed by atoms with Crippen molar-refractivity contribution in [1.82, 2.24) is 0 Å². The number of phenolic OH excluding ortho intramolecular Hbond substituents is 1. The third kappa shape index (κ3) is 3.93. The van der Waals surface area contributed by atoms with Gasteiger partial charge in [0.15, 0.2) is 0 Å². The standard InChI is InChI=1S/C32H24O5P2/c33-32-22(20-38(34)30-18-7-3-14-26(30)24-12-1-5-16-28(24)36-38)10-9-11-23(32)21-39(35)31-19-8-4-15-27(31)25-13-2-6-17-29(25)37-39/h1-19,33H,20-21H2. The lowest BCUT2D eigenvalue weighted by molar-refractivity contribution is 0.457. The molecule has 5 aromatic rings. The van der Waals surface area contributed by atoms with E-state index >= 15 is 0 Å². The predicted molar refractivity (Wildman–Crippen MR) is 155 cm³/mol. The predicted octanol–water partition coefficient (Wildman–Crippen LogP) is 7.72. The van der Waals surface area contributed by atoms with Crippen LogP contribution in [0.4, 0.5) is 0 Å². The first-order valence-corrected chi connectivity index (χ1v) is 16.3. The van der Waals surface area contributed by atoms with Crippen LogP contribution in [-0.4, -0.2) is 5.11 Å². The van der Waals surface area contributed by atoms with Crippen LogP contribution in [-0.2, 0) is 21.5 Å². The number of hydrogen-bond acceptors (Lipinski definition) is 5. The van der Waals surface area contributed by atoms with Crippen LogP contribution < -0.4 is 19.7 Å². The molecule has 0 bridgehead atoms. The van der Waals surface area contributed by atoms with Gasteiger partial charge >= 0.3 is 0 Å². The Labute approximate surface area is 226 Å². The third-order valence-corrected chi connectivity index (χ3v) is 12.1. The van der Waals surface area contributed by atoms with Crippen LogP contribution in [0.5, 0.6) is 17.2 Å². The Bertz CT molecular complexity index is 1730. The Hall–Kier alpha value is -4.04. The average Bonchev–Trinajstić information content (AvgIpc) is 2.96. The van der Waals surface area contributed by atoms with Crippen molar-refractivity contribution in [2.45, 2.75) is 12.3 Å². The molecule has 39 heavy (non-hydrogen) atoms. The van der Waals surface area contributed by atoms with E-state index in [1.165, 1.54) is 0 Å². The minimum Gasteiger partial charge on any atom is -0.507 e. The van der Waals surface area contributed by atoms with Crippen LogP contribution in [0.2, 0.25) is 0 Å². The summed E-state index contributed by atoms with van der Waals surface area (Å²) < 4.78 is 41.1. The fraction of sp³-hybridized carbons (Fsp3) is 0.0625. The second kappa shape index (κ2) is 9.02. The first-order valence-electron chi connectivity index (χ1n) is 12.7. The van der Waals surface area contributed by atoms with E-state index in [0.717, 1.165) is 22.3 Å². The zero-order valence-corrected chi connectivity index (χ0v) is 22.6. The van der Waals surface area contributed by atoms with Gasteiger partial charge < -0.3 is 14.2 Å². The number of phenols is 1. The largest absolute Gasteiger partial charge is 0.507 e. The molecule has 5 nitrogen and oxygen atoms in total. The van der Waals surface area contributed by atoms with Gasteiger partial charge in [0.25, 0.3) is 14.7 Å². The Balaban J connectivity index is 1.26. The van der Waals surface area contributed by atoms with Crippen molar-refractivity contribution in [1.29, 1.82) is 0 Å². The highest BCUT2D eigenvalue weighted by atomic mass is 31.2. The molecule has 2 atom stereocenters. The molecule has 0 spiro atoms. The van der Waals surface area contributed by atoms with Gasteiger partial charge in [-0.25, -0.2) is 0 Å². The topological polar surface area (TPSA) is 72.8 Å². The molecule has 2 aliphatic rings. The van der Waals surface area contributed by atoms with Gasteiger partial charge in [-0.2, -0.15) is 0 Å². The summed E-state index contributed by atoms with van der Waals surface area (Å²) >= 11 is 0. The number of benzene rings is 5. The molecule has 0 amide bonds. The molecule has 192 valence electrons. The van der Waals surface area contributed by atoms with Crippen molar-refractivity contribution in [2.75, 3.05) is 0 Å². The molecule has 0 radical (unpaired) electrons. The maximum absolute atomic E-state index is 14.4. The Kier molecular flexibility index (Phi) is 5.56. The molecule has 7 rings (SSSR count). The second-order valence-corrected chi connectivity index (χ2v) is 14.5. The highest BCUT2D eigenvalue weighted by molar-refractivity contribution is 7.67. The van der Waals surface area contributed by atoms with E-state index in [1.54, 1.807) is 18.2 Å². The van der Waals surface area contributed by atoms with Crippen LogP contribution in [0, 0.1) is 0 Å². The third-order valence-electron chi connectivity index (χ3n) is 7.35. The maximum Gasteiger partial charge on any atom is 0.282 e. The zero-order chi connectivity index (χ0) is 26.6. The highest BCUT2D eigenvalue weighted by Crippen LogP contribution is 2.59. The lowest BCUT2D eigenvalue weighted by atomic mass is 10.0. The van der Waals surface area contributed by atoms with Crippen LogP contribution in [0.15, 0.2) is 115 Å². The minimum absolute atomic E-state index is 0.00258. The van der Waals surface area contributed by atoms with Crippen molar-refractivity contribution in [3.05, 3.63) is 126 Å². The quantitative estimate of drug-likeness (QED) is 0.232. The van der Waals surface area contributed by atoms with E-state index < -0.39 is 14.7 Å². The van der Waals surface area contributed by atoms with Crippen LogP contribution in [0.3, 0.4) is 0 Å². The first kappa shape index (κ1) is 24.0. The number of aromatic hydroxyl groups is 1. The summed E-state index contributed by atoms with van der Waals surface area (Å²) in [4.78, 5) is 0. The molecule has 0 aliphatic carbocycles. The van der Waals surface area contributed by atoms with Crippen LogP contribution in [0.25, 0.3) is 22.3 Å². The smallest absolute Gasteiger partial charge is 0.282 e. The number of hydrogen-bond donors (Lipinski definition) is 1. The van der Waals surface area contributed by atoms with Gasteiger partial charge in [-0.1, -0.05) is 91.0 Å². The van der Waals surface area contributed by atoms with E-state index in [1.807, 2.05) is 97.1 Å². The Morgan fingerprint density at radius 1 is 0.487 bits per heavy atom. The summed E-state index contributed by atoms with van der Waals surface area (Å²) in [6.45, 7) is 0. The van der Waals surface area contributed by atoms with Gasteiger partial charge in [0.05, 0.1) is 22.9 Å². The maximum atomic E-state index is 14.4. The van der Waals surface area contributed by atoms with Gasteiger partial charge in [-0.05, 0) is 35.4 Å². The normalized spacial score (nSPS) is 20.4. The number of para-hydroxylation sites is 3. The molecule has 0 saturated heterocycles. The minimum atomic E-state index is -3.42. The molecule has 5 aromatic carbocycles. The van der Waals surface area contributed by atoms with Crippen molar-refractivity contribution in [3.63, 3.8) is 0 Å². The molecule has 0 aromatic heterocycles. The van der Waals surface area contributed by atoms with Gasteiger partial charge in [-0.15, -0.1) is 0 Å². The summed E-state index contributed by atoms with van der Waals surface area (Å²) in [5.41, 5.74) is 4.47. The fourth-order valence-electron chi connectivity index (χ4n) is 5.53. The summed E-state index contributed by atoms with van der Waals surface area (Å²) in [7, 11) is -6.84. The summed E-state index contributed by atoms with van der Waals surface area (Å²) in [6, 6.07) is 35.4. The number of rotatable bonds is 4. The van der Waals surface area contributed by atoms with E-state index in [0.29, 0.717) is 33.2 Å². The Morgan fingerprint density at radius 3 is 1.33 bits per heavy atom. The van der Waals surface area contributed by atoms with Gasteiger partial charge in [-0.3, -0.25) is 9.13 Å².